The average molecular weight is 295 g/mol. The van der Waals surface area contributed by atoms with Crippen LogP contribution < -0.4 is 9.47 Å². The number of ether oxygens (including phenoxy) is 2. The van der Waals surface area contributed by atoms with E-state index in [-0.39, 0.29) is 0 Å². The van der Waals surface area contributed by atoms with Gasteiger partial charge in [-0.25, -0.2) is 9.37 Å². The molecule has 0 bridgehead atoms. The van der Waals surface area contributed by atoms with Crippen molar-refractivity contribution in [3.63, 3.8) is 0 Å². The molecule has 116 valence electrons. The van der Waals surface area contributed by atoms with E-state index < -0.39 is 5.82 Å². The molecule has 2 atom stereocenters. The summed E-state index contributed by atoms with van der Waals surface area (Å²) in [5.74, 6) is 0.385. The van der Waals surface area contributed by atoms with Gasteiger partial charge in [0.2, 0.25) is 0 Å². The summed E-state index contributed by atoms with van der Waals surface area (Å²) in [6, 6.07) is 2.17. The molecule has 21 heavy (non-hydrogen) atoms. The summed E-state index contributed by atoms with van der Waals surface area (Å²) in [6.45, 7) is 3.30. The average Bonchev–Trinajstić information content (AvgIpc) is 2.46. The number of likely N-dealkylation sites (N-methyl/N-ethyl adjacent to an activating group) is 2. The molecule has 0 amide bonds. The van der Waals surface area contributed by atoms with E-state index in [9.17, 15) is 4.39 Å². The van der Waals surface area contributed by atoms with Gasteiger partial charge in [-0.2, -0.15) is 0 Å². The van der Waals surface area contributed by atoms with Gasteiger partial charge in [-0.1, -0.05) is 0 Å². The van der Waals surface area contributed by atoms with Crippen LogP contribution in [0, 0.1) is 5.82 Å². The Morgan fingerprint density at radius 1 is 1.14 bits per heavy atom. The SMILES string of the molecule is CN1CC[C@@H]1COc1cc(F)cnc1OC[C@H]1CCN1C. The minimum Gasteiger partial charge on any atom is -0.486 e. The van der Waals surface area contributed by atoms with E-state index in [1.807, 2.05) is 0 Å². The maximum atomic E-state index is 13.4. The number of aromatic nitrogens is 1. The van der Waals surface area contributed by atoms with Crippen molar-refractivity contribution in [1.29, 1.82) is 0 Å². The highest BCUT2D eigenvalue weighted by Gasteiger charge is 2.27. The second kappa shape index (κ2) is 6.15. The zero-order valence-electron chi connectivity index (χ0n) is 12.6. The third-order valence-electron chi connectivity index (χ3n) is 4.51. The Balaban J connectivity index is 1.59. The molecule has 0 aliphatic carbocycles. The first kappa shape index (κ1) is 14.5. The molecule has 3 heterocycles. The summed E-state index contributed by atoms with van der Waals surface area (Å²) >= 11 is 0. The molecule has 2 aliphatic heterocycles. The zero-order valence-corrected chi connectivity index (χ0v) is 12.6. The van der Waals surface area contributed by atoms with Gasteiger partial charge in [-0.15, -0.1) is 0 Å². The molecule has 0 aromatic carbocycles. The Hall–Kier alpha value is -1.40. The predicted molar refractivity (Wildman–Crippen MR) is 77.3 cm³/mol. The molecule has 1 aromatic rings. The molecule has 6 heteroatoms. The van der Waals surface area contributed by atoms with Gasteiger partial charge < -0.3 is 9.47 Å². The van der Waals surface area contributed by atoms with Gasteiger partial charge in [0.1, 0.15) is 19.0 Å². The summed E-state index contributed by atoms with van der Waals surface area (Å²) in [7, 11) is 4.13. The van der Waals surface area contributed by atoms with Gasteiger partial charge in [-0.05, 0) is 40.0 Å². The first-order valence-corrected chi connectivity index (χ1v) is 7.45. The molecular formula is C15H22FN3O2. The van der Waals surface area contributed by atoms with Gasteiger partial charge in [0.05, 0.1) is 6.20 Å². The van der Waals surface area contributed by atoms with E-state index in [0.29, 0.717) is 36.9 Å². The lowest BCUT2D eigenvalue weighted by molar-refractivity contribution is 0.0644. The molecule has 0 saturated carbocycles. The van der Waals surface area contributed by atoms with E-state index in [1.165, 1.54) is 12.3 Å². The summed E-state index contributed by atoms with van der Waals surface area (Å²) in [5, 5.41) is 0. The Labute approximate surface area is 124 Å². The molecule has 3 rings (SSSR count). The Kier molecular flexibility index (Phi) is 4.26. The molecule has 5 nitrogen and oxygen atoms in total. The van der Waals surface area contributed by atoms with E-state index in [4.69, 9.17) is 9.47 Å². The van der Waals surface area contributed by atoms with Crippen molar-refractivity contribution in [1.82, 2.24) is 14.8 Å². The maximum Gasteiger partial charge on any atom is 0.257 e. The fourth-order valence-corrected chi connectivity index (χ4v) is 2.54. The van der Waals surface area contributed by atoms with E-state index in [0.717, 1.165) is 25.9 Å². The first-order chi connectivity index (χ1) is 10.1. The van der Waals surface area contributed by atoms with Gasteiger partial charge in [-0.3, -0.25) is 9.80 Å². The van der Waals surface area contributed by atoms with Gasteiger partial charge in [0.15, 0.2) is 5.75 Å². The smallest absolute Gasteiger partial charge is 0.257 e. The molecule has 0 radical (unpaired) electrons. The second-order valence-corrected chi connectivity index (χ2v) is 5.93. The van der Waals surface area contributed by atoms with Gasteiger partial charge in [0.25, 0.3) is 5.88 Å². The molecule has 0 unspecified atom stereocenters. The number of hydrogen-bond donors (Lipinski definition) is 0. The molecular weight excluding hydrogens is 273 g/mol. The number of pyridine rings is 1. The van der Waals surface area contributed by atoms with Crippen LogP contribution in [0.2, 0.25) is 0 Å². The lowest BCUT2D eigenvalue weighted by atomic mass is 10.1. The van der Waals surface area contributed by atoms with Gasteiger partial charge >= 0.3 is 0 Å². The van der Waals surface area contributed by atoms with Gasteiger partial charge in [0, 0.05) is 18.2 Å². The molecule has 1 aromatic heterocycles. The van der Waals surface area contributed by atoms with Crippen LogP contribution in [0.1, 0.15) is 12.8 Å². The predicted octanol–water partition coefficient (Wildman–Crippen LogP) is 1.39. The van der Waals surface area contributed by atoms with Crippen molar-refractivity contribution in [2.45, 2.75) is 24.9 Å². The van der Waals surface area contributed by atoms with Crippen LogP contribution in [0.15, 0.2) is 12.3 Å². The molecule has 2 fully saturated rings. The molecule has 2 aliphatic rings. The van der Waals surface area contributed by atoms with Crippen molar-refractivity contribution >= 4 is 0 Å². The van der Waals surface area contributed by atoms with Crippen LogP contribution in [0.5, 0.6) is 11.6 Å². The van der Waals surface area contributed by atoms with Crippen LogP contribution in [0.4, 0.5) is 4.39 Å². The standard InChI is InChI=1S/C15H22FN3O2/c1-18-5-3-12(18)9-20-14-7-11(16)8-17-15(14)21-10-13-4-6-19(13)2/h7-8,12-13H,3-6,9-10H2,1-2H3/t12-,13-/m1/s1. The van der Waals surface area contributed by atoms with E-state index >= 15 is 0 Å². The van der Waals surface area contributed by atoms with Crippen molar-refractivity contribution in [3.05, 3.63) is 18.1 Å². The Morgan fingerprint density at radius 3 is 2.29 bits per heavy atom. The maximum absolute atomic E-state index is 13.4. The molecule has 0 N–H and O–H groups in total. The first-order valence-electron chi connectivity index (χ1n) is 7.45. The minimum atomic E-state index is -0.403. The number of rotatable bonds is 6. The highest BCUT2D eigenvalue weighted by Crippen LogP contribution is 2.27. The lowest BCUT2D eigenvalue weighted by Crippen LogP contribution is -2.48. The Bertz CT molecular complexity index is 500. The van der Waals surface area contributed by atoms with Crippen LogP contribution in [0.3, 0.4) is 0 Å². The number of hydrogen-bond acceptors (Lipinski definition) is 5. The van der Waals surface area contributed by atoms with E-state index in [2.05, 4.69) is 28.9 Å². The normalized spacial score (nSPS) is 26.0. The highest BCUT2D eigenvalue weighted by molar-refractivity contribution is 5.33. The van der Waals surface area contributed by atoms with Crippen molar-refractivity contribution in [2.24, 2.45) is 0 Å². The van der Waals surface area contributed by atoms with Crippen molar-refractivity contribution < 1.29 is 13.9 Å². The second-order valence-electron chi connectivity index (χ2n) is 5.93. The monoisotopic (exact) mass is 295 g/mol. The summed E-state index contributed by atoms with van der Waals surface area (Å²) in [4.78, 5) is 8.47. The Morgan fingerprint density at radius 2 is 1.76 bits per heavy atom. The largest absolute Gasteiger partial charge is 0.486 e. The van der Waals surface area contributed by atoms with Crippen LogP contribution in [-0.4, -0.2) is 67.3 Å². The number of halogens is 1. The highest BCUT2D eigenvalue weighted by atomic mass is 19.1. The molecule has 0 spiro atoms. The number of nitrogens with zero attached hydrogens (tertiary/aromatic N) is 3. The molecule has 2 saturated heterocycles. The topological polar surface area (TPSA) is 37.8 Å². The third kappa shape index (κ3) is 3.27. The van der Waals surface area contributed by atoms with Crippen molar-refractivity contribution in [3.8, 4) is 11.6 Å². The minimum absolute atomic E-state index is 0.388. The quantitative estimate of drug-likeness (QED) is 0.793. The number of likely N-dealkylation sites (tertiary alicyclic amines) is 2. The summed E-state index contributed by atoms with van der Waals surface area (Å²) in [5.41, 5.74) is 0. The van der Waals surface area contributed by atoms with E-state index in [1.54, 1.807) is 0 Å². The fraction of sp³-hybridized carbons (Fsp3) is 0.667. The van der Waals surface area contributed by atoms with Crippen LogP contribution >= 0.6 is 0 Å². The van der Waals surface area contributed by atoms with Crippen LogP contribution in [0.25, 0.3) is 0 Å². The lowest BCUT2D eigenvalue weighted by Gasteiger charge is -2.38. The summed E-state index contributed by atoms with van der Waals surface area (Å²) in [6.07, 6.45) is 3.41. The van der Waals surface area contributed by atoms with Crippen molar-refractivity contribution in [2.75, 3.05) is 40.4 Å². The fourth-order valence-electron chi connectivity index (χ4n) is 2.54. The summed E-state index contributed by atoms with van der Waals surface area (Å²) < 4.78 is 24.8. The van der Waals surface area contributed by atoms with Crippen LogP contribution in [-0.2, 0) is 0 Å². The zero-order chi connectivity index (χ0) is 14.8. The third-order valence-corrected chi connectivity index (χ3v) is 4.51.